The molecule has 1 aromatic carbocycles. The normalized spacial score (nSPS) is 12.2. The third-order valence-electron chi connectivity index (χ3n) is 1.84. The zero-order valence-electron chi connectivity index (χ0n) is 10.2. The Morgan fingerprint density at radius 3 is 2.33 bits per heavy atom. The van der Waals surface area contributed by atoms with Gasteiger partial charge in [-0.15, -0.1) is 0 Å². The third kappa shape index (κ3) is 4.73. The molecule has 1 nitrogen and oxygen atoms in total. The Labute approximate surface area is 117 Å². The van der Waals surface area contributed by atoms with Gasteiger partial charge >= 0.3 is 117 Å². The molecule has 0 aliphatic rings. The summed E-state index contributed by atoms with van der Waals surface area (Å²) in [7, 11) is 0. The molecule has 18 heavy (non-hydrogen) atoms. The van der Waals surface area contributed by atoms with E-state index in [1.54, 1.807) is 0 Å². The fourth-order valence-corrected chi connectivity index (χ4v) is 3.07. The second-order valence-corrected chi connectivity index (χ2v) is 6.77. The number of nitrogens with zero attached hydrogens (tertiary/aromatic N) is 1. The predicted molar refractivity (Wildman–Crippen MR) is 64.1 cm³/mol. The van der Waals surface area contributed by atoms with Gasteiger partial charge in [0.15, 0.2) is 0 Å². The summed E-state index contributed by atoms with van der Waals surface area (Å²) in [6, 6.07) is 3.73. The molecule has 1 aromatic rings. The Bertz CT molecular complexity index is 497. The molecule has 0 heterocycles. The summed E-state index contributed by atoms with van der Waals surface area (Å²) in [4.78, 5) is 0. The molecule has 0 aliphatic heterocycles. The van der Waals surface area contributed by atoms with Crippen molar-refractivity contribution in [3.8, 4) is 0 Å². The molecule has 0 saturated carbocycles. The SMILES string of the molecule is CC(C)(C)[CH]=[Mo]=[N]c1c(Cl)cccc1C(F)(F)F. The van der Waals surface area contributed by atoms with E-state index in [9.17, 15) is 13.2 Å². The van der Waals surface area contributed by atoms with E-state index in [0.717, 1.165) is 6.07 Å². The second kappa shape index (κ2) is 5.75. The topological polar surface area (TPSA) is 12.4 Å². The minimum atomic E-state index is -4.42. The number of benzene rings is 1. The molecule has 0 bridgehead atoms. The van der Waals surface area contributed by atoms with E-state index in [0.29, 0.717) is 0 Å². The van der Waals surface area contributed by atoms with Crippen molar-refractivity contribution >= 4 is 21.7 Å². The van der Waals surface area contributed by atoms with Crippen LogP contribution in [0.3, 0.4) is 0 Å². The van der Waals surface area contributed by atoms with Gasteiger partial charge in [-0.05, 0) is 0 Å². The van der Waals surface area contributed by atoms with E-state index in [2.05, 4.69) is 3.50 Å². The first-order valence-electron chi connectivity index (χ1n) is 5.18. The molecule has 0 unspecified atom stereocenters. The summed E-state index contributed by atoms with van der Waals surface area (Å²) in [6.45, 7) is 5.97. The van der Waals surface area contributed by atoms with Gasteiger partial charge in [0.25, 0.3) is 0 Å². The molecule has 6 heteroatoms. The fraction of sp³-hybridized carbons (Fsp3) is 0.417. The van der Waals surface area contributed by atoms with Crippen LogP contribution >= 0.6 is 11.6 Å². The Balaban J connectivity index is 3.29. The molecule has 0 atom stereocenters. The summed E-state index contributed by atoms with van der Waals surface area (Å²) in [5.41, 5.74) is -0.928. The van der Waals surface area contributed by atoms with Gasteiger partial charge in [0.05, 0.1) is 0 Å². The van der Waals surface area contributed by atoms with E-state index in [1.165, 1.54) is 12.1 Å². The summed E-state index contributed by atoms with van der Waals surface area (Å²) in [6.07, 6.45) is -4.42. The Morgan fingerprint density at radius 1 is 1.22 bits per heavy atom. The second-order valence-electron chi connectivity index (χ2n) is 4.81. The van der Waals surface area contributed by atoms with Crippen molar-refractivity contribution in [1.29, 1.82) is 0 Å². The molecule has 1 rings (SSSR count). The Kier molecular flexibility index (Phi) is 5.02. The fourth-order valence-electron chi connectivity index (χ4n) is 1.07. The monoisotopic (exact) mass is 361 g/mol. The van der Waals surface area contributed by atoms with Gasteiger partial charge in [-0.1, -0.05) is 0 Å². The number of hydrogen-bond acceptors (Lipinski definition) is 1. The predicted octanol–water partition coefficient (Wildman–Crippen LogP) is 5.10. The van der Waals surface area contributed by atoms with Gasteiger partial charge < -0.3 is 0 Å². The summed E-state index contributed by atoms with van der Waals surface area (Å²) >= 11 is 4.80. The van der Waals surface area contributed by atoms with Gasteiger partial charge in [-0.25, -0.2) is 0 Å². The number of halogens is 4. The molecule has 0 saturated heterocycles. The Hall–Kier alpha value is -0.342. The molecule has 100 valence electrons. The van der Waals surface area contributed by atoms with Crippen LogP contribution in [0.1, 0.15) is 26.3 Å². The van der Waals surface area contributed by atoms with Crippen molar-refractivity contribution < 1.29 is 31.1 Å². The number of hydrogen-bond donors (Lipinski definition) is 0. The summed E-state index contributed by atoms with van der Waals surface area (Å²) in [5.74, 6) is 0. The van der Waals surface area contributed by atoms with Crippen molar-refractivity contribution in [2.24, 2.45) is 8.91 Å². The van der Waals surface area contributed by atoms with Crippen molar-refractivity contribution in [2.75, 3.05) is 0 Å². The average Bonchev–Trinajstić information content (AvgIpc) is 2.16. The molecule has 0 radical (unpaired) electrons. The van der Waals surface area contributed by atoms with Crippen LogP contribution in [-0.2, 0) is 24.1 Å². The van der Waals surface area contributed by atoms with E-state index in [-0.39, 0.29) is 16.1 Å². The van der Waals surface area contributed by atoms with Crippen molar-refractivity contribution in [2.45, 2.75) is 26.9 Å². The van der Waals surface area contributed by atoms with Crippen molar-refractivity contribution in [3.05, 3.63) is 28.8 Å². The van der Waals surface area contributed by atoms with E-state index < -0.39 is 29.7 Å². The summed E-state index contributed by atoms with van der Waals surface area (Å²) < 4.78 is 44.4. The zero-order valence-corrected chi connectivity index (χ0v) is 12.9. The molecule has 0 spiro atoms. The first kappa shape index (κ1) is 15.7. The van der Waals surface area contributed by atoms with Crippen LogP contribution in [0.2, 0.25) is 5.02 Å². The molecule has 0 aromatic heterocycles. The van der Waals surface area contributed by atoms with Gasteiger partial charge in [-0.2, -0.15) is 0 Å². The van der Waals surface area contributed by atoms with Crippen LogP contribution < -0.4 is 0 Å². The van der Waals surface area contributed by atoms with Gasteiger partial charge in [0.1, 0.15) is 0 Å². The minimum absolute atomic E-state index is 0.0363. The maximum atomic E-state index is 12.8. The van der Waals surface area contributed by atoms with Crippen LogP contribution in [0.4, 0.5) is 18.9 Å². The van der Waals surface area contributed by atoms with E-state index >= 15 is 0 Å². The molecular formula is C12H13ClF3MoN. The van der Waals surface area contributed by atoms with Gasteiger partial charge in [0.2, 0.25) is 0 Å². The molecule has 0 N–H and O–H groups in total. The van der Waals surface area contributed by atoms with E-state index in [4.69, 9.17) is 11.6 Å². The standard InChI is InChI=1S/C7H3ClF3N.C5H10.Mo/c8-5-3-1-2-4(6(5)12)7(9,10)11;1-5(2,3)4;/h1-3H;1H,2-4H3;. The molecular weight excluding hydrogens is 347 g/mol. The van der Waals surface area contributed by atoms with Crippen LogP contribution in [0.15, 0.2) is 21.7 Å². The average molecular weight is 360 g/mol. The first-order chi connectivity index (χ1) is 8.11. The first-order valence-corrected chi connectivity index (χ1v) is 7.61. The molecule has 0 fully saturated rings. The molecule has 0 amide bonds. The third-order valence-corrected chi connectivity index (χ3v) is 4.85. The number of alkyl halides is 3. The van der Waals surface area contributed by atoms with Crippen LogP contribution in [0.25, 0.3) is 0 Å². The van der Waals surface area contributed by atoms with Crippen LogP contribution in [-0.4, -0.2) is 4.40 Å². The molecule has 0 aliphatic carbocycles. The number of rotatable bonds is 1. The van der Waals surface area contributed by atoms with Crippen LogP contribution in [0.5, 0.6) is 0 Å². The van der Waals surface area contributed by atoms with E-state index in [1.807, 2.05) is 25.2 Å². The van der Waals surface area contributed by atoms with Gasteiger partial charge in [-0.3, -0.25) is 0 Å². The van der Waals surface area contributed by atoms with Gasteiger partial charge in [0, 0.05) is 0 Å². The maximum absolute atomic E-state index is 12.8. The Morgan fingerprint density at radius 2 is 1.83 bits per heavy atom. The quantitative estimate of drug-likeness (QED) is 0.618. The van der Waals surface area contributed by atoms with Crippen molar-refractivity contribution in [3.63, 3.8) is 0 Å². The summed E-state index contributed by atoms with van der Waals surface area (Å²) in [5, 5.41) is 0.0530. The zero-order chi connectivity index (χ0) is 14.0. The van der Waals surface area contributed by atoms with Crippen molar-refractivity contribution in [1.82, 2.24) is 0 Å². The van der Waals surface area contributed by atoms with Crippen LogP contribution in [0, 0.1) is 5.41 Å².